The molecule has 1 fully saturated rings. The molecule has 6 nitrogen and oxygen atoms in total. The molecular weight excluding hydrogens is 452 g/mol. The molecule has 4 aromatic rings. The maximum atomic E-state index is 13.3. The third kappa shape index (κ3) is 4.49. The Hall–Kier alpha value is -4.71. The molecule has 1 unspecified atom stereocenters. The third-order valence-corrected chi connectivity index (χ3v) is 6.13. The van der Waals surface area contributed by atoms with Crippen LogP contribution in [-0.4, -0.2) is 21.8 Å². The molecule has 6 heteroatoms. The lowest BCUT2D eigenvalue weighted by atomic mass is 9.96. The van der Waals surface area contributed by atoms with Crippen LogP contribution in [-0.2, 0) is 16.2 Å². The van der Waals surface area contributed by atoms with Gasteiger partial charge in [-0.3, -0.25) is 19.5 Å². The van der Waals surface area contributed by atoms with Gasteiger partial charge in [0.1, 0.15) is 18.1 Å². The molecule has 0 saturated carbocycles. The number of rotatable bonds is 6. The van der Waals surface area contributed by atoms with Crippen LogP contribution in [0.5, 0.6) is 5.75 Å². The summed E-state index contributed by atoms with van der Waals surface area (Å²) in [7, 11) is 0. The molecule has 1 amide bonds. The van der Waals surface area contributed by atoms with Crippen LogP contribution >= 0.6 is 0 Å². The fourth-order valence-electron chi connectivity index (χ4n) is 4.26. The van der Waals surface area contributed by atoms with E-state index in [0.717, 1.165) is 11.1 Å². The van der Waals surface area contributed by atoms with Gasteiger partial charge in [0.05, 0.1) is 11.6 Å². The van der Waals surface area contributed by atoms with E-state index in [1.54, 1.807) is 60.9 Å². The fraction of sp³-hybridized carbons (Fsp3) is 0.100. The Kier molecular flexibility index (Phi) is 6.33. The molecule has 1 aromatic heterocycles. The average molecular weight is 477 g/mol. The normalized spacial score (nSPS) is 16.8. The number of anilines is 1. The van der Waals surface area contributed by atoms with E-state index in [1.165, 1.54) is 4.90 Å². The van der Waals surface area contributed by atoms with Crippen LogP contribution in [0.25, 0.3) is 5.76 Å². The van der Waals surface area contributed by atoms with Crippen LogP contribution in [0.15, 0.2) is 109 Å². The number of hydrogen-bond acceptors (Lipinski definition) is 5. The zero-order valence-electron chi connectivity index (χ0n) is 19.7. The van der Waals surface area contributed by atoms with Crippen molar-refractivity contribution in [2.24, 2.45) is 0 Å². The van der Waals surface area contributed by atoms with Gasteiger partial charge in [0.25, 0.3) is 11.7 Å². The number of aliphatic hydroxyl groups excluding tert-OH is 1. The minimum atomic E-state index is -0.823. The monoisotopic (exact) mass is 476 g/mol. The maximum absolute atomic E-state index is 13.3. The van der Waals surface area contributed by atoms with Gasteiger partial charge in [-0.1, -0.05) is 66.2 Å². The minimum absolute atomic E-state index is 0.0289. The number of carbonyl (C=O) groups is 2. The summed E-state index contributed by atoms with van der Waals surface area (Å²) in [6.07, 6.45) is 3.22. The lowest BCUT2D eigenvalue weighted by Crippen LogP contribution is -2.29. The number of benzene rings is 3. The molecule has 36 heavy (non-hydrogen) atoms. The number of amides is 1. The van der Waals surface area contributed by atoms with Crippen molar-refractivity contribution in [3.05, 3.63) is 131 Å². The first-order valence-electron chi connectivity index (χ1n) is 11.6. The van der Waals surface area contributed by atoms with Crippen LogP contribution in [0.3, 0.4) is 0 Å². The highest BCUT2D eigenvalue weighted by Crippen LogP contribution is 2.42. The Labute approximate surface area is 209 Å². The number of hydrogen-bond donors (Lipinski definition) is 1. The van der Waals surface area contributed by atoms with Crippen LogP contribution in [0.2, 0.25) is 0 Å². The molecular formula is C30H24N2O4. The SMILES string of the molecule is Cc1ccc(/C(O)=C2/C(=O)C(=O)N(c3ccc(OCc4ccccc4)cc3)C2c2cccnc2)cc1. The van der Waals surface area contributed by atoms with E-state index in [9.17, 15) is 14.7 Å². The summed E-state index contributed by atoms with van der Waals surface area (Å²) < 4.78 is 5.87. The molecule has 2 heterocycles. The molecule has 1 N–H and O–H groups in total. The first-order chi connectivity index (χ1) is 17.5. The first kappa shape index (κ1) is 23.1. The van der Waals surface area contributed by atoms with E-state index >= 15 is 0 Å². The van der Waals surface area contributed by atoms with E-state index in [4.69, 9.17) is 4.74 Å². The highest BCUT2D eigenvalue weighted by Gasteiger charge is 2.47. The zero-order chi connectivity index (χ0) is 25.1. The summed E-state index contributed by atoms with van der Waals surface area (Å²) in [5.74, 6) is -1.04. The van der Waals surface area contributed by atoms with Crippen molar-refractivity contribution >= 4 is 23.1 Å². The van der Waals surface area contributed by atoms with E-state index in [1.807, 2.05) is 49.4 Å². The Morgan fingerprint density at radius 3 is 2.31 bits per heavy atom. The van der Waals surface area contributed by atoms with E-state index < -0.39 is 17.7 Å². The van der Waals surface area contributed by atoms with Crippen molar-refractivity contribution in [2.45, 2.75) is 19.6 Å². The molecule has 5 rings (SSSR count). The van der Waals surface area contributed by atoms with Crippen molar-refractivity contribution in [2.75, 3.05) is 4.90 Å². The standard InChI is InChI=1S/C30H24N2O4/c1-20-9-11-22(12-10-20)28(33)26-27(23-8-5-17-31-18-23)32(30(35)29(26)34)24-13-15-25(16-14-24)36-19-21-6-3-2-4-7-21/h2-18,27,33H,19H2,1H3/b28-26-. The number of aryl methyl sites for hydroxylation is 1. The van der Waals surface area contributed by atoms with Gasteiger partial charge in [-0.15, -0.1) is 0 Å². The molecule has 0 aliphatic carbocycles. The first-order valence-corrected chi connectivity index (χ1v) is 11.6. The Balaban J connectivity index is 1.51. The lowest BCUT2D eigenvalue weighted by Gasteiger charge is -2.25. The zero-order valence-corrected chi connectivity index (χ0v) is 19.7. The number of nitrogens with zero attached hydrogens (tertiary/aromatic N) is 2. The van der Waals surface area contributed by atoms with Gasteiger partial charge in [0, 0.05) is 23.6 Å². The maximum Gasteiger partial charge on any atom is 0.300 e. The van der Waals surface area contributed by atoms with Crippen molar-refractivity contribution < 1.29 is 19.4 Å². The predicted molar refractivity (Wildman–Crippen MR) is 137 cm³/mol. The van der Waals surface area contributed by atoms with Crippen LogP contribution in [0.1, 0.15) is 28.3 Å². The topological polar surface area (TPSA) is 79.7 Å². The Morgan fingerprint density at radius 2 is 1.64 bits per heavy atom. The molecule has 1 aliphatic rings. The van der Waals surface area contributed by atoms with Crippen LogP contribution < -0.4 is 9.64 Å². The molecule has 0 radical (unpaired) electrons. The number of Topliss-reactive ketones (excluding diaryl/α,β-unsaturated/α-hetero) is 1. The molecule has 1 atom stereocenters. The number of aliphatic hydroxyl groups is 1. The van der Waals surface area contributed by atoms with Crippen molar-refractivity contribution in [1.29, 1.82) is 0 Å². The van der Waals surface area contributed by atoms with Gasteiger partial charge in [0.15, 0.2) is 0 Å². The molecule has 1 aliphatic heterocycles. The quantitative estimate of drug-likeness (QED) is 0.223. The van der Waals surface area contributed by atoms with Gasteiger partial charge in [-0.05, 0) is 48.4 Å². The molecule has 1 saturated heterocycles. The summed E-state index contributed by atoms with van der Waals surface area (Å²) in [4.78, 5) is 32.1. The van der Waals surface area contributed by atoms with Gasteiger partial charge >= 0.3 is 0 Å². The predicted octanol–water partition coefficient (Wildman–Crippen LogP) is 5.60. The number of ketones is 1. The van der Waals surface area contributed by atoms with E-state index in [-0.39, 0.29) is 11.3 Å². The van der Waals surface area contributed by atoms with Crippen molar-refractivity contribution in [1.82, 2.24) is 4.98 Å². The second kappa shape index (κ2) is 9.88. The molecule has 3 aromatic carbocycles. The molecule has 0 spiro atoms. The summed E-state index contributed by atoms with van der Waals surface area (Å²) in [5, 5.41) is 11.2. The lowest BCUT2D eigenvalue weighted by molar-refractivity contribution is -0.132. The number of pyridine rings is 1. The van der Waals surface area contributed by atoms with E-state index in [2.05, 4.69) is 4.98 Å². The highest BCUT2D eigenvalue weighted by atomic mass is 16.5. The summed E-state index contributed by atoms with van der Waals surface area (Å²) >= 11 is 0. The number of ether oxygens (including phenoxy) is 1. The van der Waals surface area contributed by atoms with Gasteiger partial charge < -0.3 is 9.84 Å². The second-order valence-corrected chi connectivity index (χ2v) is 8.59. The Bertz CT molecular complexity index is 1410. The second-order valence-electron chi connectivity index (χ2n) is 8.59. The number of aromatic nitrogens is 1. The van der Waals surface area contributed by atoms with Gasteiger partial charge in [-0.25, -0.2) is 0 Å². The molecule has 0 bridgehead atoms. The van der Waals surface area contributed by atoms with Crippen molar-refractivity contribution in [3.8, 4) is 5.75 Å². The van der Waals surface area contributed by atoms with Crippen molar-refractivity contribution in [3.63, 3.8) is 0 Å². The van der Waals surface area contributed by atoms with Gasteiger partial charge in [0.2, 0.25) is 0 Å². The minimum Gasteiger partial charge on any atom is -0.507 e. The smallest absolute Gasteiger partial charge is 0.300 e. The average Bonchev–Trinajstić information content (AvgIpc) is 3.19. The summed E-state index contributed by atoms with van der Waals surface area (Å²) in [5.41, 5.74) is 3.69. The van der Waals surface area contributed by atoms with Crippen LogP contribution in [0, 0.1) is 6.92 Å². The Morgan fingerprint density at radius 1 is 0.917 bits per heavy atom. The largest absolute Gasteiger partial charge is 0.507 e. The fourth-order valence-corrected chi connectivity index (χ4v) is 4.26. The summed E-state index contributed by atoms with van der Waals surface area (Å²) in [6, 6.07) is 26.7. The van der Waals surface area contributed by atoms with E-state index in [0.29, 0.717) is 29.2 Å². The molecule has 178 valence electrons. The number of carbonyl (C=O) groups excluding carboxylic acids is 2. The van der Waals surface area contributed by atoms with Crippen LogP contribution in [0.4, 0.5) is 5.69 Å². The van der Waals surface area contributed by atoms with Gasteiger partial charge in [-0.2, -0.15) is 0 Å². The summed E-state index contributed by atoms with van der Waals surface area (Å²) in [6.45, 7) is 2.35. The third-order valence-electron chi connectivity index (χ3n) is 6.13. The highest BCUT2D eigenvalue weighted by molar-refractivity contribution is 6.51.